The van der Waals surface area contributed by atoms with Gasteiger partial charge in [0.1, 0.15) is 5.57 Å². The van der Waals surface area contributed by atoms with Crippen molar-refractivity contribution >= 4 is 0 Å². The smallest absolute Gasteiger partial charge is 0.419 e. The maximum absolute atomic E-state index is 11.8. The second-order valence-electron chi connectivity index (χ2n) is 1.85. The normalized spacial score (nSPS) is 24.4. The molecule has 1 aliphatic rings. The fourth-order valence-electron chi connectivity index (χ4n) is 0.599. The summed E-state index contributed by atoms with van der Waals surface area (Å²) in [5.74, 6) is 0. The summed E-state index contributed by atoms with van der Waals surface area (Å²) in [5, 5.41) is 8.61. The molecule has 1 atom stereocenters. The summed E-state index contributed by atoms with van der Waals surface area (Å²) in [5.41, 5.74) is -1.21. The molecule has 1 unspecified atom stereocenters. The molecule has 1 rings (SSSR count). The highest BCUT2D eigenvalue weighted by Gasteiger charge is 2.39. The molecule has 0 aromatic rings. The molecule has 1 N–H and O–H groups in total. The number of hydrogen-bond acceptors (Lipinski definition) is 2. The van der Waals surface area contributed by atoms with Crippen LogP contribution in [0.25, 0.3) is 0 Å². The summed E-state index contributed by atoms with van der Waals surface area (Å²) in [6.45, 7) is 0. The highest BCUT2D eigenvalue weighted by atomic mass is 19.4. The van der Waals surface area contributed by atoms with Gasteiger partial charge in [-0.05, 0) is 12.2 Å². The molecule has 1 radical (unpaired) electrons. The van der Waals surface area contributed by atoms with Gasteiger partial charge in [0, 0.05) is 0 Å². The Hall–Kier alpha value is -0.970. The lowest BCUT2D eigenvalue weighted by Crippen LogP contribution is -2.26. The molecule has 11 heavy (non-hydrogen) atoms. The second-order valence-corrected chi connectivity index (χ2v) is 1.85. The molecule has 0 bridgehead atoms. The van der Waals surface area contributed by atoms with E-state index in [0.29, 0.717) is 0 Å². The monoisotopic (exact) mass is 165 g/mol. The van der Waals surface area contributed by atoms with Crippen molar-refractivity contribution in [2.45, 2.75) is 12.5 Å². The van der Waals surface area contributed by atoms with E-state index in [9.17, 15) is 13.2 Å². The van der Waals surface area contributed by atoms with Crippen LogP contribution in [0.3, 0.4) is 0 Å². The summed E-state index contributed by atoms with van der Waals surface area (Å²) in [6, 6.07) is 0. The Bertz CT molecular complexity index is 204. The number of halogens is 3. The number of rotatable bonds is 0. The van der Waals surface area contributed by atoms with Crippen molar-refractivity contribution in [3.05, 3.63) is 24.0 Å². The Labute approximate surface area is 60.6 Å². The van der Waals surface area contributed by atoms with Crippen molar-refractivity contribution in [1.29, 1.82) is 0 Å². The molecule has 1 aliphatic heterocycles. The first kappa shape index (κ1) is 8.13. The van der Waals surface area contributed by atoms with E-state index in [4.69, 9.17) is 5.11 Å². The van der Waals surface area contributed by atoms with Crippen molar-refractivity contribution in [3.63, 3.8) is 0 Å². The number of alkyl halides is 3. The van der Waals surface area contributed by atoms with Crippen LogP contribution >= 0.6 is 0 Å². The van der Waals surface area contributed by atoms with Gasteiger partial charge in [-0.25, -0.2) is 0 Å². The first-order valence-electron chi connectivity index (χ1n) is 2.71. The number of hydrogen-bond donors (Lipinski definition) is 1. The fraction of sp³-hybridized carbons (Fsp3) is 0.333. The Kier molecular flexibility index (Phi) is 1.90. The Morgan fingerprint density at radius 1 is 1.55 bits per heavy atom. The van der Waals surface area contributed by atoms with E-state index < -0.39 is 18.0 Å². The Morgan fingerprint density at radius 3 is 2.55 bits per heavy atom. The van der Waals surface area contributed by atoms with Gasteiger partial charge < -0.3 is 9.84 Å². The van der Waals surface area contributed by atoms with Crippen molar-refractivity contribution in [2.75, 3.05) is 0 Å². The third-order valence-corrected chi connectivity index (χ3v) is 1.07. The van der Waals surface area contributed by atoms with E-state index in [0.717, 1.165) is 12.3 Å². The largest absolute Gasteiger partial charge is 0.468 e. The summed E-state index contributed by atoms with van der Waals surface area (Å²) < 4.78 is 39.6. The fourth-order valence-corrected chi connectivity index (χ4v) is 0.599. The van der Waals surface area contributed by atoms with Crippen molar-refractivity contribution in [3.8, 4) is 0 Å². The number of aliphatic hydroxyl groups excluding tert-OH is 1. The molecular formula is C6H4F3O2. The van der Waals surface area contributed by atoms with E-state index in [-0.39, 0.29) is 0 Å². The third kappa shape index (κ3) is 1.74. The van der Waals surface area contributed by atoms with Gasteiger partial charge in [-0.2, -0.15) is 13.2 Å². The second kappa shape index (κ2) is 2.58. The first-order chi connectivity index (χ1) is 5.02. The SMILES string of the molecule is OC1OC=C[C]=C1C(F)(F)F. The molecule has 0 aromatic carbocycles. The minimum atomic E-state index is -4.58. The lowest BCUT2D eigenvalue weighted by molar-refractivity contribution is -0.137. The number of aliphatic hydroxyl groups is 1. The minimum absolute atomic E-state index is 0.944. The van der Waals surface area contributed by atoms with Crippen molar-refractivity contribution in [1.82, 2.24) is 0 Å². The predicted molar refractivity (Wildman–Crippen MR) is 29.0 cm³/mol. The molecule has 0 saturated carbocycles. The van der Waals surface area contributed by atoms with Crippen molar-refractivity contribution in [2.24, 2.45) is 0 Å². The highest BCUT2D eigenvalue weighted by Crippen LogP contribution is 2.29. The lowest BCUT2D eigenvalue weighted by atomic mass is 10.2. The van der Waals surface area contributed by atoms with Crippen LogP contribution in [0.15, 0.2) is 17.9 Å². The van der Waals surface area contributed by atoms with Gasteiger partial charge in [-0.3, -0.25) is 0 Å². The zero-order chi connectivity index (χ0) is 8.48. The minimum Gasteiger partial charge on any atom is -0.468 e. The third-order valence-electron chi connectivity index (χ3n) is 1.07. The van der Waals surface area contributed by atoms with Crippen LogP contribution in [-0.4, -0.2) is 17.6 Å². The van der Waals surface area contributed by atoms with E-state index in [1.54, 1.807) is 0 Å². The molecule has 0 aromatic heterocycles. The van der Waals surface area contributed by atoms with Gasteiger partial charge in [0.2, 0.25) is 6.29 Å². The Balaban J connectivity index is 2.84. The first-order valence-corrected chi connectivity index (χ1v) is 2.71. The van der Waals surface area contributed by atoms with Crippen LogP contribution in [0, 0.1) is 6.08 Å². The molecule has 0 fully saturated rings. The van der Waals surface area contributed by atoms with Crippen LogP contribution in [0.5, 0.6) is 0 Å². The zero-order valence-corrected chi connectivity index (χ0v) is 5.22. The van der Waals surface area contributed by atoms with Crippen LogP contribution < -0.4 is 0 Å². The van der Waals surface area contributed by atoms with Gasteiger partial charge in [-0.15, -0.1) is 0 Å². The summed E-state index contributed by atoms with van der Waals surface area (Å²) in [6.07, 6.45) is -2.78. The molecule has 1 heterocycles. The van der Waals surface area contributed by atoms with Gasteiger partial charge in [-0.1, -0.05) is 0 Å². The molecular weight excluding hydrogens is 161 g/mol. The average molecular weight is 165 g/mol. The van der Waals surface area contributed by atoms with Crippen molar-refractivity contribution < 1.29 is 23.0 Å². The lowest BCUT2D eigenvalue weighted by Gasteiger charge is -2.18. The summed E-state index contributed by atoms with van der Waals surface area (Å²) >= 11 is 0. The maximum atomic E-state index is 11.8. The van der Waals surface area contributed by atoms with Crippen LogP contribution in [-0.2, 0) is 4.74 Å². The van der Waals surface area contributed by atoms with Crippen LogP contribution in [0.4, 0.5) is 13.2 Å². The van der Waals surface area contributed by atoms with Gasteiger partial charge in [0.25, 0.3) is 0 Å². The van der Waals surface area contributed by atoms with Crippen LogP contribution in [0.2, 0.25) is 0 Å². The summed E-state index contributed by atoms with van der Waals surface area (Å²) in [4.78, 5) is 0. The maximum Gasteiger partial charge on any atom is 0.419 e. The summed E-state index contributed by atoms with van der Waals surface area (Å²) in [7, 11) is 0. The molecule has 5 heteroatoms. The Morgan fingerprint density at radius 2 is 2.18 bits per heavy atom. The van der Waals surface area contributed by atoms with Crippen LogP contribution in [0.1, 0.15) is 0 Å². The van der Waals surface area contributed by atoms with E-state index in [2.05, 4.69) is 4.74 Å². The molecule has 2 nitrogen and oxygen atoms in total. The molecule has 0 amide bonds. The number of allylic oxidation sites excluding steroid dienone is 2. The molecule has 0 spiro atoms. The van der Waals surface area contributed by atoms with E-state index in [1.165, 1.54) is 0 Å². The van der Waals surface area contributed by atoms with Gasteiger partial charge in [0.05, 0.1) is 6.26 Å². The van der Waals surface area contributed by atoms with Gasteiger partial charge in [0.15, 0.2) is 0 Å². The zero-order valence-electron chi connectivity index (χ0n) is 5.22. The average Bonchev–Trinajstić information content (AvgIpc) is 1.86. The van der Waals surface area contributed by atoms with E-state index >= 15 is 0 Å². The standard InChI is InChI=1S/C6H4F3O2/c7-6(8,9)4-2-1-3-11-5(4)10/h1,3,5,10H. The van der Waals surface area contributed by atoms with E-state index in [1.807, 2.05) is 6.08 Å². The molecule has 0 aliphatic carbocycles. The topological polar surface area (TPSA) is 29.5 Å². The highest BCUT2D eigenvalue weighted by molar-refractivity contribution is 5.16. The number of ether oxygens (including phenoxy) is 1. The molecule has 0 saturated heterocycles. The quantitative estimate of drug-likeness (QED) is 0.583. The predicted octanol–water partition coefficient (Wildman–Crippen LogP) is 1.14. The van der Waals surface area contributed by atoms with Gasteiger partial charge >= 0.3 is 6.18 Å². The molecule has 61 valence electrons.